The third-order valence-corrected chi connectivity index (χ3v) is 3.41. The van der Waals surface area contributed by atoms with Crippen LogP contribution in [0.15, 0.2) is 48.5 Å². The number of halogens is 1. The molecule has 1 amide bonds. The van der Waals surface area contributed by atoms with Gasteiger partial charge in [0.15, 0.2) is 17.7 Å². The largest absolute Gasteiger partial charge is 0.478 e. The standard InChI is InChI=1S/C19H20FNO4/c1-3-16(25-17-11-6-5-10-15(17)20)18(22)21-14-9-7-8-13(12-14)19(23)24-4-2/h5-12,16H,3-4H2,1-2H3,(H,21,22). The summed E-state index contributed by atoms with van der Waals surface area (Å²) < 4.78 is 24.1. The van der Waals surface area contributed by atoms with E-state index in [9.17, 15) is 14.0 Å². The number of rotatable bonds is 7. The van der Waals surface area contributed by atoms with Crippen LogP contribution in [0.3, 0.4) is 0 Å². The molecular weight excluding hydrogens is 325 g/mol. The number of carbonyl (C=O) groups excluding carboxylic acids is 2. The average molecular weight is 345 g/mol. The highest BCUT2D eigenvalue weighted by molar-refractivity contribution is 5.96. The molecule has 0 saturated carbocycles. The van der Waals surface area contributed by atoms with Gasteiger partial charge < -0.3 is 14.8 Å². The zero-order chi connectivity index (χ0) is 18.2. The Labute approximate surface area is 145 Å². The van der Waals surface area contributed by atoms with E-state index in [0.717, 1.165) is 0 Å². The van der Waals surface area contributed by atoms with Crippen molar-refractivity contribution in [3.05, 3.63) is 59.9 Å². The lowest BCUT2D eigenvalue weighted by Gasteiger charge is -2.17. The summed E-state index contributed by atoms with van der Waals surface area (Å²) in [5.74, 6) is -1.40. The molecule has 0 bridgehead atoms. The highest BCUT2D eigenvalue weighted by Gasteiger charge is 2.20. The first-order valence-electron chi connectivity index (χ1n) is 8.04. The average Bonchev–Trinajstić information content (AvgIpc) is 2.61. The molecule has 0 spiro atoms. The molecule has 0 aliphatic carbocycles. The van der Waals surface area contributed by atoms with Crippen LogP contribution < -0.4 is 10.1 Å². The molecule has 2 rings (SSSR count). The Morgan fingerprint density at radius 1 is 1.12 bits per heavy atom. The molecule has 0 aliphatic rings. The van der Waals surface area contributed by atoms with Crippen molar-refractivity contribution in [2.24, 2.45) is 0 Å². The zero-order valence-electron chi connectivity index (χ0n) is 14.1. The lowest BCUT2D eigenvalue weighted by atomic mass is 10.2. The molecule has 2 aromatic carbocycles. The van der Waals surface area contributed by atoms with Gasteiger partial charge >= 0.3 is 5.97 Å². The van der Waals surface area contributed by atoms with Crippen molar-refractivity contribution in [2.75, 3.05) is 11.9 Å². The number of nitrogens with one attached hydrogen (secondary N) is 1. The topological polar surface area (TPSA) is 64.6 Å². The van der Waals surface area contributed by atoms with E-state index in [1.807, 2.05) is 0 Å². The fourth-order valence-electron chi connectivity index (χ4n) is 2.18. The quantitative estimate of drug-likeness (QED) is 0.775. The maximum atomic E-state index is 13.7. The molecule has 1 atom stereocenters. The number of ether oxygens (including phenoxy) is 2. The first-order valence-corrected chi connectivity index (χ1v) is 8.04. The van der Waals surface area contributed by atoms with Gasteiger partial charge in [0.2, 0.25) is 0 Å². The minimum atomic E-state index is -0.858. The van der Waals surface area contributed by atoms with Gasteiger partial charge in [-0.3, -0.25) is 4.79 Å². The van der Waals surface area contributed by atoms with E-state index in [0.29, 0.717) is 17.7 Å². The molecule has 0 fully saturated rings. The smallest absolute Gasteiger partial charge is 0.338 e. The fraction of sp³-hybridized carbons (Fsp3) is 0.263. The van der Waals surface area contributed by atoms with E-state index in [1.165, 1.54) is 18.2 Å². The van der Waals surface area contributed by atoms with E-state index < -0.39 is 23.8 Å². The van der Waals surface area contributed by atoms with Crippen LogP contribution in [-0.2, 0) is 9.53 Å². The Bertz CT molecular complexity index is 748. The monoisotopic (exact) mass is 345 g/mol. The second-order valence-corrected chi connectivity index (χ2v) is 5.24. The molecule has 0 aliphatic heterocycles. The van der Waals surface area contributed by atoms with Gasteiger partial charge in [-0.2, -0.15) is 0 Å². The van der Waals surface area contributed by atoms with Gasteiger partial charge in [0.25, 0.3) is 5.91 Å². The van der Waals surface area contributed by atoms with Gasteiger partial charge in [-0.1, -0.05) is 25.1 Å². The van der Waals surface area contributed by atoms with Crippen molar-refractivity contribution < 1.29 is 23.5 Å². The predicted molar refractivity (Wildman–Crippen MR) is 92.1 cm³/mol. The molecule has 2 aromatic rings. The van der Waals surface area contributed by atoms with Gasteiger partial charge in [-0.05, 0) is 43.7 Å². The summed E-state index contributed by atoms with van der Waals surface area (Å²) in [7, 11) is 0. The van der Waals surface area contributed by atoms with Gasteiger partial charge in [-0.25, -0.2) is 9.18 Å². The van der Waals surface area contributed by atoms with E-state index in [1.54, 1.807) is 44.2 Å². The number of hydrogen-bond donors (Lipinski definition) is 1. The molecule has 1 unspecified atom stereocenters. The minimum absolute atomic E-state index is 0.0183. The van der Waals surface area contributed by atoms with Crippen LogP contribution in [0, 0.1) is 5.82 Å². The third kappa shape index (κ3) is 5.04. The van der Waals surface area contributed by atoms with Crippen molar-refractivity contribution in [2.45, 2.75) is 26.4 Å². The Hall–Kier alpha value is -2.89. The Balaban J connectivity index is 2.08. The number of esters is 1. The zero-order valence-corrected chi connectivity index (χ0v) is 14.1. The number of amides is 1. The lowest BCUT2D eigenvalue weighted by Crippen LogP contribution is -2.32. The van der Waals surface area contributed by atoms with Crippen LogP contribution in [0.5, 0.6) is 5.75 Å². The molecule has 6 heteroatoms. The van der Waals surface area contributed by atoms with E-state index in [2.05, 4.69) is 5.32 Å². The van der Waals surface area contributed by atoms with Crippen LogP contribution in [-0.4, -0.2) is 24.6 Å². The number of para-hydroxylation sites is 1. The Kier molecular flexibility index (Phi) is 6.51. The maximum absolute atomic E-state index is 13.7. The van der Waals surface area contributed by atoms with Crippen molar-refractivity contribution in [1.82, 2.24) is 0 Å². The third-order valence-electron chi connectivity index (χ3n) is 3.41. The molecular formula is C19H20FNO4. The SMILES string of the molecule is CCOC(=O)c1cccc(NC(=O)C(CC)Oc2ccccc2F)c1. The first-order chi connectivity index (χ1) is 12.0. The second kappa shape index (κ2) is 8.82. The normalized spacial score (nSPS) is 11.5. The number of benzene rings is 2. The Morgan fingerprint density at radius 3 is 2.56 bits per heavy atom. The van der Waals surface area contributed by atoms with Gasteiger partial charge in [-0.15, -0.1) is 0 Å². The van der Waals surface area contributed by atoms with Crippen LogP contribution in [0.1, 0.15) is 30.6 Å². The van der Waals surface area contributed by atoms with E-state index in [-0.39, 0.29) is 12.4 Å². The van der Waals surface area contributed by atoms with E-state index >= 15 is 0 Å². The number of carbonyl (C=O) groups is 2. The van der Waals surface area contributed by atoms with Crippen LogP contribution in [0.4, 0.5) is 10.1 Å². The highest BCUT2D eigenvalue weighted by Crippen LogP contribution is 2.19. The summed E-state index contributed by atoms with van der Waals surface area (Å²) in [5, 5.41) is 2.68. The molecule has 1 N–H and O–H groups in total. The van der Waals surface area contributed by atoms with Crippen molar-refractivity contribution in [3.63, 3.8) is 0 Å². The van der Waals surface area contributed by atoms with Crippen LogP contribution in [0.2, 0.25) is 0 Å². The lowest BCUT2D eigenvalue weighted by molar-refractivity contribution is -0.122. The van der Waals surface area contributed by atoms with Gasteiger partial charge in [0.05, 0.1) is 12.2 Å². The van der Waals surface area contributed by atoms with Crippen molar-refractivity contribution in [1.29, 1.82) is 0 Å². The minimum Gasteiger partial charge on any atom is -0.478 e. The molecule has 132 valence electrons. The predicted octanol–water partition coefficient (Wildman–Crippen LogP) is 3.80. The van der Waals surface area contributed by atoms with Crippen LogP contribution in [0.25, 0.3) is 0 Å². The maximum Gasteiger partial charge on any atom is 0.338 e. The summed E-state index contributed by atoms with van der Waals surface area (Å²) in [4.78, 5) is 24.1. The number of hydrogen-bond acceptors (Lipinski definition) is 4. The molecule has 0 radical (unpaired) electrons. The molecule has 25 heavy (non-hydrogen) atoms. The first kappa shape index (κ1) is 18.4. The van der Waals surface area contributed by atoms with E-state index in [4.69, 9.17) is 9.47 Å². The summed E-state index contributed by atoms with van der Waals surface area (Å²) in [5.41, 5.74) is 0.772. The summed E-state index contributed by atoms with van der Waals surface area (Å²) in [6.07, 6.45) is -0.499. The molecule has 0 heterocycles. The molecule has 5 nitrogen and oxygen atoms in total. The fourth-order valence-corrected chi connectivity index (χ4v) is 2.18. The Morgan fingerprint density at radius 2 is 1.88 bits per heavy atom. The van der Waals surface area contributed by atoms with Crippen LogP contribution >= 0.6 is 0 Å². The molecule has 0 saturated heterocycles. The number of anilines is 1. The van der Waals surface area contributed by atoms with Crippen molar-refractivity contribution in [3.8, 4) is 5.75 Å². The van der Waals surface area contributed by atoms with Gasteiger partial charge in [0.1, 0.15) is 0 Å². The summed E-state index contributed by atoms with van der Waals surface area (Å²) in [6, 6.07) is 12.3. The second-order valence-electron chi connectivity index (χ2n) is 5.24. The van der Waals surface area contributed by atoms with Crippen molar-refractivity contribution >= 4 is 17.6 Å². The molecule has 0 aromatic heterocycles. The highest BCUT2D eigenvalue weighted by atomic mass is 19.1. The van der Waals surface area contributed by atoms with Gasteiger partial charge in [0, 0.05) is 5.69 Å². The summed E-state index contributed by atoms with van der Waals surface area (Å²) >= 11 is 0. The summed E-state index contributed by atoms with van der Waals surface area (Å²) in [6.45, 7) is 3.75.